The summed E-state index contributed by atoms with van der Waals surface area (Å²) in [5.41, 5.74) is 0.986. The minimum atomic E-state index is -0.390. The van der Waals surface area contributed by atoms with Crippen molar-refractivity contribution in [3.63, 3.8) is 0 Å². The standard InChI is InChI=1S/C15H16N2O4/c1-21-15(18)16-9-10-5-6-14(16)13(7-10)11-3-2-4-12(8-11)17(19)20/h2-6,8,10,13-14H,7,9H2,1H3/t10-,13-,14+/m1/s1. The second-order valence-corrected chi connectivity index (χ2v) is 5.45. The monoisotopic (exact) mass is 288 g/mol. The molecule has 3 aliphatic rings. The van der Waals surface area contributed by atoms with Crippen LogP contribution in [0.3, 0.4) is 0 Å². The highest BCUT2D eigenvalue weighted by Crippen LogP contribution is 2.41. The number of hydrogen-bond donors (Lipinski definition) is 0. The fourth-order valence-electron chi connectivity index (χ4n) is 3.30. The summed E-state index contributed by atoms with van der Waals surface area (Å²) in [5, 5.41) is 10.9. The van der Waals surface area contributed by atoms with Gasteiger partial charge in [0, 0.05) is 24.6 Å². The Labute approximate surface area is 122 Å². The Morgan fingerprint density at radius 3 is 2.90 bits per heavy atom. The largest absolute Gasteiger partial charge is 0.453 e. The van der Waals surface area contributed by atoms with Crippen LogP contribution in [0.2, 0.25) is 0 Å². The molecule has 1 amide bonds. The molecule has 2 aliphatic heterocycles. The smallest absolute Gasteiger partial charge is 0.410 e. The number of nitro groups is 1. The highest BCUT2D eigenvalue weighted by Gasteiger charge is 2.41. The van der Waals surface area contributed by atoms with Crippen LogP contribution >= 0.6 is 0 Å². The molecule has 0 spiro atoms. The number of amides is 1. The van der Waals surface area contributed by atoms with Crippen LogP contribution < -0.4 is 0 Å². The van der Waals surface area contributed by atoms with Gasteiger partial charge in [-0.05, 0) is 17.9 Å². The Balaban J connectivity index is 1.92. The maximum absolute atomic E-state index is 11.9. The normalized spacial score (nSPS) is 26.7. The van der Waals surface area contributed by atoms with Crippen LogP contribution in [0.5, 0.6) is 0 Å². The Morgan fingerprint density at radius 2 is 2.24 bits per heavy atom. The lowest BCUT2D eigenvalue weighted by atomic mass is 9.74. The summed E-state index contributed by atoms with van der Waals surface area (Å²) in [5.74, 6) is 0.353. The van der Waals surface area contributed by atoms with Crippen molar-refractivity contribution in [3.05, 3.63) is 52.1 Å². The van der Waals surface area contributed by atoms with Crippen LogP contribution in [0.1, 0.15) is 17.9 Å². The van der Waals surface area contributed by atoms with Crippen LogP contribution in [0.4, 0.5) is 10.5 Å². The molecule has 2 heterocycles. The molecule has 1 aliphatic carbocycles. The van der Waals surface area contributed by atoms with E-state index in [0.29, 0.717) is 6.54 Å². The van der Waals surface area contributed by atoms with Gasteiger partial charge in [-0.2, -0.15) is 0 Å². The molecule has 3 atom stereocenters. The van der Waals surface area contributed by atoms with Crippen molar-refractivity contribution in [2.24, 2.45) is 5.92 Å². The van der Waals surface area contributed by atoms with Gasteiger partial charge < -0.3 is 9.64 Å². The topological polar surface area (TPSA) is 72.7 Å². The molecule has 0 radical (unpaired) electrons. The SMILES string of the molecule is COC(=O)N1C[C@@H]2C=C[C@H]1[C@@H](c1cccc([N+](=O)[O-])c1)C2. The van der Waals surface area contributed by atoms with Gasteiger partial charge in [0.25, 0.3) is 5.69 Å². The van der Waals surface area contributed by atoms with Gasteiger partial charge in [-0.3, -0.25) is 10.1 Å². The van der Waals surface area contributed by atoms with Crippen molar-refractivity contribution >= 4 is 11.8 Å². The first kappa shape index (κ1) is 13.6. The number of nitro benzene ring substituents is 1. The lowest BCUT2D eigenvalue weighted by molar-refractivity contribution is -0.384. The van der Waals surface area contributed by atoms with Gasteiger partial charge >= 0.3 is 6.09 Å². The Kier molecular flexibility index (Phi) is 3.37. The number of piperidine rings is 1. The van der Waals surface area contributed by atoms with Gasteiger partial charge in [0.2, 0.25) is 0 Å². The summed E-state index contributed by atoms with van der Waals surface area (Å²) >= 11 is 0. The predicted octanol–water partition coefficient (Wildman–Crippen LogP) is 2.71. The van der Waals surface area contributed by atoms with E-state index in [1.54, 1.807) is 17.0 Å². The molecule has 21 heavy (non-hydrogen) atoms. The second kappa shape index (κ2) is 5.20. The Bertz CT molecular complexity index is 613. The van der Waals surface area contributed by atoms with Crippen LogP contribution in [-0.4, -0.2) is 35.6 Å². The fraction of sp³-hybridized carbons (Fsp3) is 0.400. The number of hydrogen-bond acceptors (Lipinski definition) is 4. The van der Waals surface area contributed by atoms with Crippen molar-refractivity contribution < 1.29 is 14.5 Å². The first-order chi connectivity index (χ1) is 10.1. The predicted molar refractivity (Wildman–Crippen MR) is 76.0 cm³/mol. The van der Waals surface area contributed by atoms with Crippen LogP contribution in [0.25, 0.3) is 0 Å². The first-order valence-electron chi connectivity index (χ1n) is 6.87. The maximum Gasteiger partial charge on any atom is 0.410 e. The van der Waals surface area contributed by atoms with Gasteiger partial charge in [-0.25, -0.2) is 4.79 Å². The molecule has 2 bridgehead atoms. The minimum absolute atomic E-state index is 0.0766. The summed E-state index contributed by atoms with van der Waals surface area (Å²) < 4.78 is 4.83. The number of methoxy groups -OCH3 is 1. The number of ether oxygens (including phenoxy) is 1. The molecule has 110 valence electrons. The summed E-state index contributed by atoms with van der Waals surface area (Å²) in [6, 6.07) is 6.58. The molecular formula is C15H16N2O4. The third-order valence-corrected chi connectivity index (χ3v) is 4.26. The number of carbonyl (C=O) groups excluding carboxylic acids is 1. The first-order valence-corrected chi connectivity index (χ1v) is 6.87. The van der Waals surface area contributed by atoms with Gasteiger partial charge in [0.15, 0.2) is 0 Å². The highest BCUT2D eigenvalue weighted by molar-refractivity contribution is 5.69. The quantitative estimate of drug-likeness (QED) is 0.476. The molecule has 6 nitrogen and oxygen atoms in total. The van der Waals surface area contributed by atoms with E-state index < -0.39 is 4.92 Å². The summed E-state index contributed by atoms with van der Waals surface area (Å²) in [4.78, 5) is 24.1. The van der Waals surface area contributed by atoms with Crippen molar-refractivity contribution in [2.75, 3.05) is 13.7 Å². The van der Waals surface area contributed by atoms with E-state index in [1.807, 2.05) is 12.1 Å². The average Bonchev–Trinajstić information content (AvgIpc) is 2.54. The van der Waals surface area contributed by atoms with E-state index >= 15 is 0 Å². The summed E-state index contributed by atoms with van der Waals surface area (Å²) in [6.45, 7) is 0.652. The van der Waals surface area contributed by atoms with Gasteiger partial charge in [-0.15, -0.1) is 0 Å². The Morgan fingerprint density at radius 1 is 1.43 bits per heavy atom. The van der Waals surface area contributed by atoms with Crippen molar-refractivity contribution in [1.29, 1.82) is 0 Å². The van der Waals surface area contributed by atoms with E-state index in [4.69, 9.17) is 4.74 Å². The number of fused-ring (bicyclic) bond motifs is 2. The van der Waals surface area contributed by atoms with Crippen LogP contribution in [0.15, 0.2) is 36.4 Å². The van der Waals surface area contributed by atoms with Gasteiger partial charge in [-0.1, -0.05) is 24.3 Å². The molecule has 1 saturated heterocycles. The van der Waals surface area contributed by atoms with E-state index in [-0.39, 0.29) is 29.7 Å². The van der Waals surface area contributed by atoms with E-state index in [9.17, 15) is 14.9 Å². The number of benzene rings is 1. The van der Waals surface area contributed by atoms with E-state index in [0.717, 1.165) is 12.0 Å². The van der Waals surface area contributed by atoms with Crippen LogP contribution in [0, 0.1) is 16.0 Å². The lowest BCUT2D eigenvalue weighted by Crippen LogP contribution is -2.51. The molecule has 6 heteroatoms. The minimum Gasteiger partial charge on any atom is -0.453 e. The molecule has 4 rings (SSSR count). The third kappa shape index (κ3) is 2.37. The molecular weight excluding hydrogens is 272 g/mol. The summed E-state index contributed by atoms with van der Waals surface area (Å²) in [7, 11) is 1.37. The zero-order valence-corrected chi connectivity index (χ0v) is 11.6. The molecule has 0 unspecified atom stereocenters. The summed E-state index contributed by atoms with van der Waals surface area (Å²) in [6.07, 6.45) is 4.69. The number of rotatable bonds is 2. The van der Waals surface area contributed by atoms with Gasteiger partial charge in [0.1, 0.15) is 0 Å². The number of nitrogens with zero attached hydrogens (tertiary/aromatic N) is 2. The zero-order chi connectivity index (χ0) is 15.0. The number of non-ortho nitro benzene ring substituents is 1. The molecule has 0 aromatic heterocycles. The molecule has 1 aromatic rings. The van der Waals surface area contributed by atoms with Gasteiger partial charge in [0.05, 0.1) is 18.1 Å². The van der Waals surface area contributed by atoms with E-state index in [2.05, 4.69) is 6.08 Å². The maximum atomic E-state index is 11.9. The van der Waals surface area contributed by atoms with Crippen LogP contribution in [-0.2, 0) is 4.74 Å². The zero-order valence-electron chi connectivity index (χ0n) is 11.6. The van der Waals surface area contributed by atoms with Crippen molar-refractivity contribution in [2.45, 2.75) is 18.4 Å². The molecule has 1 aromatic carbocycles. The van der Waals surface area contributed by atoms with Crippen molar-refractivity contribution in [3.8, 4) is 0 Å². The van der Waals surface area contributed by atoms with Crippen molar-refractivity contribution in [1.82, 2.24) is 4.90 Å². The molecule has 0 N–H and O–H groups in total. The fourth-order valence-corrected chi connectivity index (χ4v) is 3.30. The Hall–Kier alpha value is -2.37. The average molecular weight is 288 g/mol. The highest BCUT2D eigenvalue weighted by atomic mass is 16.6. The molecule has 0 saturated carbocycles. The van der Waals surface area contributed by atoms with E-state index in [1.165, 1.54) is 13.2 Å². The number of carbonyl (C=O) groups is 1. The second-order valence-electron chi connectivity index (χ2n) is 5.45. The third-order valence-electron chi connectivity index (χ3n) is 4.26. The molecule has 1 fully saturated rings. The lowest BCUT2D eigenvalue weighted by Gasteiger charge is -2.45.